The average Bonchev–Trinajstić information content (AvgIpc) is 2.37. The fourth-order valence-electron chi connectivity index (χ4n) is 1.25. The smallest absolute Gasteiger partial charge is 0.151 e. The number of benzene rings is 1. The molecule has 92 valence electrons. The zero-order valence-electron chi connectivity index (χ0n) is 8.97. The van der Waals surface area contributed by atoms with Crippen molar-refractivity contribution in [3.05, 3.63) is 41.7 Å². The van der Waals surface area contributed by atoms with E-state index in [0.29, 0.717) is 5.56 Å². The largest absolute Gasteiger partial charge is 0.509 e. The Kier molecular flexibility index (Phi) is 4.84. The van der Waals surface area contributed by atoms with Crippen LogP contribution in [-0.4, -0.2) is 45.0 Å². The Balaban J connectivity index is 2.79. The lowest BCUT2D eigenvalue weighted by Crippen LogP contribution is -2.39. The van der Waals surface area contributed by atoms with Crippen LogP contribution < -0.4 is 0 Å². The third-order valence-corrected chi connectivity index (χ3v) is 2.23. The summed E-state index contributed by atoms with van der Waals surface area (Å²) in [5.41, 5.74) is 0.622. The molecule has 0 amide bonds. The summed E-state index contributed by atoms with van der Waals surface area (Å²) in [5, 5.41) is 37.3. The monoisotopic (exact) mass is 238 g/mol. The molecule has 0 aliphatic carbocycles. The van der Waals surface area contributed by atoms with Crippen LogP contribution in [0.3, 0.4) is 0 Å². The van der Waals surface area contributed by atoms with Gasteiger partial charge in [0.2, 0.25) is 0 Å². The standard InChI is InChI=1S/C12H14O5/c13-7-10(15)12(17)11(16)9(14)6-8-4-2-1-3-5-8/h1-7,10-12,14-17H. The highest BCUT2D eigenvalue weighted by atomic mass is 16.4. The minimum absolute atomic E-state index is 0.0870. The minimum atomic E-state index is -1.76. The van der Waals surface area contributed by atoms with Gasteiger partial charge in [-0.1, -0.05) is 30.3 Å². The van der Waals surface area contributed by atoms with Crippen molar-refractivity contribution in [3.8, 4) is 0 Å². The molecule has 0 aliphatic rings. The molecule has 0 saturated heterocycles. The molecule has 3 unspecified atom stereocenters. The molecular formula is C12H14O5. The Labute approximate surface area is 98.3 Å². The van der Waals surface area contributed by atoms with Gasteiger partial charge in [-0.15, -0.1) is 0 Å². The van der Waals surface area contributed by atoms with Crippen molar-refractivity contribution in [3.63, 3.8) is 0 Å². The molecular weight excluding hydrogens is 224 g/mol. The highest BCUT2D eigenvalue weighted by Crippen LogP contribution is 2.11. The number of carbonyl (C=O) groups is 1. The number of aldehydes is 1. The van der Waals surface area contributed by atoms with E-state index in [4.69, 9.17) is 5.11 Å². The lowest BCUT2D eigenvalue weighted by Gasteiger charge is -2.18. The molecule has 0 saturated carbocycles. The molecule has 0 aliphatic heterocycles. The summed E-state index contributed by atoms with van der Waals surface area (Å²) in [6, 6.07) is 8.64. The van der Waals surface area contributed by atoms with Gasteiger partial charge in [0.25, 0.3) is 0 Å². The first-order chi connectivity index (χ1) is 8.06. The van der Waals surface area contributed by atoms with Crippen LogP contribution in [0.5, 0.6) is 0 Å². The highest BCUT2D eigenvalue weighted by molar-refractivity contribution is 5.57. The lowest BCUT2D eigenvalue weighted by atomic mass is 10.1. The number of aliphatic hydroxyl groups is 4. The van der Waals surface area contributed by atoms with Crippen molar-refractivity contribution < 1.29 is 25.2 Å². The Bertz CT molecular complexity index is 387. The van der Waals surface area contributed by atoms with E-state index in [2.05, 4.69) is 0 Å². The van der Waals surface area contributed by atoms with Crippen molar-refractivity contribution in [2.45, 2.75) is 18.3 Å². The zero-order chi connectivity index (χ0) is 12.8. The van der Waals surface area contributed by atoms with Crippen molar-refractivity contribution in [1.82, 2.24) is 0 Å². The summed E-state index contributed by atoms with van der Waals surface area (Å²) >= 11 is 0. The summed E-state index contributed by atoms with van der Waals surface area (Å²) in [6.07, 6.45) is -3.88. The fourth-order valence-corrected chi connectivity index (χ4v) is 1.25. The van der Waals surface area contributed by atoms with Gasteiger partial charge < -0.3 is 25.2 Å². The maximum atomic E-state index is 10.2. The molecule has 1 rings (SSSR count). The number of carbonyl (C=O) groups excluding carboxylic acids is 1. The predicted octanol–water partition coefficient (Wildman–Crippen LogP) is -0.133. The number of rotatable bonds is 5. The summed E-state index contributed by atoms with van der Waals surface area (Å²) in [7, 11) is 0. The second-order valence-corrected chi connectivity index (χ2v) is 3.54. The van der Waals surface area contributed by atoms with Crippen LogP contribution in [0.25, 0.3) is 6.08 Å². The fraction of sp³-hybridized carbons (Fsp3) is 0.250. The third kappa shape index (κ3) is 3.67. The van der Waals surface area contributed by atoms with Gasteiger partial charge in [-0.3, -0.25) is 0 Å². The molecule has 0 radical (unpaired) electrons. The molecule has 17 heavy (non-hydrogen) atoms. The van der Waals surface area contributed by atoms with Gasteiger partial charge in [0, 0.05) is 0 Å². The molecule has 5 heteroatoms. The van der Waals surface area contributed by atoms with Gasteiger partial charge in [0.05, 0.1) is 0 Å². The molecule has 0 aromatic heterocycles. The molecule has 5 nitrogen and oxygen atoms in total. The van der Waals surface area contributed by atoms with E-state index in [1.807, 2.05) is 0 Å². The van der Waals surface area contributed by atoms with E-state index in [9.17, 15) is 20.1 Å². The topological polar surface area (TPSA) is 98.0 Å². The summed E-state index contributed by atoms with van der Waals surface area (Å²) in [5.74, 6) is -0.524. The summed E-state index contributed by atoms with van der Waals surface area (Å²) in [6.45, 7) is 0. The van der Waals surface area contributed by atoms with Gasteiger partial charge in [-0.25, -0.2) is 0 Å². The Morgan fingerprint density at radius 1 is 1.12 bits per heavy atom. The second kappa shape index (κ2) is 6.15. The van der Waals surface area contributed by atoms with Crippen molar-refractivity contribution >= 4 is 12.4 Å². The SMILES string of the molecule is O=CC(O)C(O)C(O)C(O)=Cc1ccccc1. The van der Waals surface area contributed by atoms with E-state index >= 15 is 0 Å². The average molecular weight is 238 g/mol. The molecule has 0 spiro atoms. The predicted molar refractivity (Wildman–Crippen MR) is 61.1 cm³/mol. The van der Waals surface area contributed by atoms with Crippen LogP contribution in [-0.2, 0) is 4.79 Å². The van der Waals surface area contributed by atoms with Crippen molar-refractivity contribution in [1.29, 1.82) is 0 Å². The molecule has 1 aromatic rings. The number of aliphatic hydroxyl groups excluding tert-OH is 4. The van der Waals surface area contributed by atoms with E-state index < -0.39 is 24.1 Å². The summed E-state index contributed by atoms with van der Waals surface area (Å²) < 4.78 is 0. The minimum Gasteiger partial charge on any atom is -0.509 e. The maximum absolute atomic E-state index is 10.2. The normalized spacial score (nSPS) is 17.2. The van der Waals surface area contributed by atoms with Gasteiger partial charge in [-0.2, -0.15) is 0 Å². The third-order valence-electron chi connectivity index (χ3n) is 2.23. The van der Waals surface area contributed by atoms with Crippen LogP contribution in [0.1, 0.15) is 5.56 Å². The maximum Gasteiger partial charge on any atom is 0.151 e. The van der Waals surface area contributed by atoms with Crippen LogP contribution >= 0.6 is 0 Å². The van der Waals surface area contributed by atoms with Gasteiger partial charge >= 0.3 is 0 Å². The first-order valence-corrected chi connectivity index (χ1v) is 5.01. The molecule has 4 N–H and O–H groups in total. The van der Waals surface area contributed by atoms with E-state index in [1.54, 1.807) is 30.3 Å². The zero-order valence-corrected chi connectivity index (χ0v) is 8.97. The van der Waals surface area contributed by atoms with Crippen molar-refractivity contribution in [2.24, 2.45) is 0 Å². The molecule has 3 atom stereocenters. The van der Waals surface area contributed by atoms with Crippen molar-refractivity contribution in [2.75, 3.05) is 0 Å². The van der Waals surface area contributed by atoms with Gasteiger partial charge in [0.15, 0.2) is 6.29 Å². The molecule has 0 bridgehead atoms. The second-order valence-electron chi connectivity index (χ2n) is 3.54. The molecule has 0 fully saturated rings. The highest BCUT2D eigenvalue weighted by Gasteiger charge is 2.27. The van der Waals surface area contributed by atoms with E-state index in [0.717, 1.165) is 0 Å². The van der Waals surface area contributed by atoms with Gasteiger partial charge in [-0.05, 0) is 11.6 Å². The number of hydrogen-bond acceptors (Lipinski definition) is 5. The first-order valence-electron chi connectivity index (χ1n) is 5.01. The van der Waals surface area contributed by atoms with E-state index in [1.165, 1.54) is 6.08 Å². The Hall–Kier alpha value is -1.69. The van der Waals surface area contributed by atoms with Crippen LogP contribution in [0.15, 0.2) is 36.1 Å². The van der Waals surface area contributed by atoms with E-state index in [-0.39, 0.29) is 6.29 Å². The van der Waals surface area contributed by atoms with Crippen LogP contribution in [0, 0.1) is 0 Å². The van der Waals surface area contributed by atoms with Crippen LogP contribution in [0.2, 0.25) is 0 Å². The van der Waals surface area contributed by atoms with Gasteiger partial charge in [0.1, 0.15) is 24.1 Å². The van der Waals surface area contributed by atoms with Crippen LogP contribution in [0.4, 0.5) is 0 Å². The first kappa shape index (κ1) is 13.4. The molecule has 0 heterocycles. The summed E-state index contributed by atoms with van der Waals surface area (Å²) in [4.78, 5) is 10.2. The molecule has 1 aromatic carbocycles. The Morgan fingerprint density at radius 3 is 2.24 bits per heavy atom. The number of hydrogen-bond donors (Lipinski definition) is 4. The quantitative estimate of drug-likeness (QED) is 0.423. The lowest BCUT2D eigenvalue weighted by molar-refractivity contribution is -0.125. The Morgan fingerprint density at radius 2 is 1.71 bits per heavy atom.